The Morgan fingerprint density at radius 2 is 1.87 bits per heavy atom. The molecule has 38 heavy (non-hydrogen) atoms. The lowest BCUT2D eigenvalue weighted by Gasteiger charge is -2.39. The number of hydrogen-bond acceptors (Lipinski definition) is 6. The van der Waals surface area contributed by atoms with Crippen LogP contribution in [0.25, 0.3) is 10.8 Å². The van der Waals surface area contributed by atoms with E-state index in [4.69, 9.17) is 19.4 Å². The molecular formula is C30H37N3O4S. The van der Waals surface area contributed by atoms with E-state index in [2.05, 4.69) is 17.7 Å². The van der Waals surface area contributed by atoms with E-state index in [1.807, 2.05) is 65.1 Å². The summed E-state index contributed by atoms with van der Waals surface area (Å²) in [5.41, 5.74) is 3.47. The van der Waals surface area contributed by atoms with Crippen LogP contribution in [0.5, 0.6) is 5.75 Å². The number of rotatable bonds is 7. The van der Waals surface area contributed by atoms with Gasteiger partial charge in [-0.15, -0.1) is 0 Å². The minimum absolute atomic E-state index is 0.0939. The van der Waals surface area contributed by atoms with E-state index < -0.39 is 16.6 Å². The lowest BCUT2D eigenvalue weighted by atomic mass is 9.79. The Labute approximate surface area is 227 Å². The molecule has 0 amide bonds. The molecule has 2 aliphatic rings. The van der Waals surface area contributed by atoms with Crippen LogP contribution in [-0.2, 0) is 27.6 Å². The first-order chi connectivity index (χ1) is 17.9. The summed E-state index contributed by atoms with van der Waals surface area (Å²) in [7, 11) is 0.445. The van der Waals surface area contributed by atoms with E-state index in [1.54, 1.807) is 7.11 Å². The minimum Gasteiger partial charge on any atom is -0.496 e. The Morgan fingerprint density at radius 1 is 1.13 bits per heavy atom. The second kappa shape index (κ2) is 9.42. The van der Waals surface area contributed by atoms with Gasteiger partial charge in [-0.25, -0.2) is 13.7 Å². The number of hydrogen-bond donors (Lipinski definition) is 1. The number of fused-ring (bicyclic) bond motifs is 3. The van der Waals surface area contributed by atoms with Crippen molar-refractivity contribution in [3.63, 3.8) is 0 Å². The smallest absolute Gasteiger partial charge is 0.340 e. The normalized spacial score (nSPS) is 19.1. The summed E-state index contributed by atoms with van der Waals surface area (Å²) < 4.78 is 27.3. The second-order valence-corrected chi connectivity index (χ2v) is 13.9. The highest BCUT2D eigenvalue weighted by Gasteiger charge is 2.62. The van der Waals surface area contributed by atoms with E-state index in [9.17, 15) is 9.00 Å². The number of aromatic nitrogens is 2. The zero-order valence-corrected chi connectivity index (χ0v) is 24.1. The first-order valence-corrected chi connectivity index (χ1v) is 14.4. The summed E-state index contributed by atoms with van der Waals surface area (Å²) in [6.45, 7) is 12.0. The monoisotopic (exact) mass is 535 g/mol. The van der Waals surface area contributed by atoms with Crippen LogP contribution in [0.2, 0.25) is 0 Å². The molecule has 1 aromatic carbocycles. The van der Waals surface area contributed by atoms with Crippen molar-refractivity contribution in [1.29, 1.82) is 0 Å². The van der Waals surface area contributed by atoms with E-state index in [0.717, 1.165) is 58.4 Å². The molecule has 2 atom stereocenters. The molecule has 1 fully saturated rings. The molecule has 2 aromatic heterocycles. The summed E-state index contributed by atoms with van der Waals surface area (Å²) in [4.78, 5) is 22.4. The van der Waals surface area contributed by atoms with Crippen molar-refractivity contribution in [2.45, 2.75) is 89.0 Å². The largest absolute Gasteiger partial charge is 0.496 e. The number of nitrogens with zero attached hydrogens (tertiary/aromatic N) is 2. The summed E-state index contributed by atoms with van der Waals surface area (Å²) in [6, 6.07) is 9.74. The van der Waals surface area contributed by atoms with Gasteiger partial charge >= 0.3 is 5.97 Å². The van der Waals surface area contributed by atoms with E-state index in [-0.39, 0.29) is 22.2 Å². The number of cyclic esters (lactones) is 1. The molecule has 3 aromatic rings. The number of ether oxygens (including phenoxy) is 2. The predicted molar refractivity (Wildman–Crippen MR) is 150 cm³/mol. The average Bonchev–Trinajstić information content (AvgIpc) is 3.67. The van der Waals surface area contributed by atoms with Crippen LogP contribution in [0, 0.1) is 0 Å². The average molecular weight is 536 g/mol. The highest BCUT2D eigenvalue weighted by molar-refractivity contribution is 7.84. The van der Waals surface area contributed by atoms with Crippen LogP contribution >= 0.6 is 0 Å². The Morgan fingerprint density at radius 3 is 2.50 bits per heavy atom. The highest BCUT2D eigenvalue weighted by atomic mass is 32.2. The molecule has 1 N–H and O–H groups in total. The van der Waals surface area contributed by atoms with Crippen molar-refractivity contribution >= 4 is 27.7 Å². The fraction of sp³-hybridized carbons (Fsp3) is 0.500. The van der Waals surface area contributed by atoms with Crippen LogP contribution in [0.3, 0.4) is 0 Å². The zero-order chi connectivity index (χ0) is 27.5. The van der Waals surface area contributed by atoms with Crippen LogP contribution in [0.4, 0.5) is 0 Å². The highest BCUT2D eigenvalue weighted by Crippen LogP contribution is 2.59. The van der Waals surface area contributed by atoms with Gasteiger partial charge in [0.1, 0.15) is 11.4 Å². The Balaban J connectivity index is 1.53. The maximum atomic E-state index is 12.9. The van der Waals surface area contributed by atoms with Crippen molar-refractivity contribution in [3.8, 4) is 5.75 Å². The SMILES string of the molecule is CC[C@@H](N[S@@](=O)C(C)(C)C)c1ccc(OC)c2cnc(Cc3ccc4c(n3)C3(CC3)C(C)(C)OC4=O)cc12. The molecule has 1 saturated carbocycles. The van der Waals surface area contributed by atoms with Crippen molar-refractivity contribution in [2.24, 2.45) is 0 Å². The van der Waals surface area contributed by atoms with Gasteiger partial charge in [0.15, 0.2) is 0 Å². The van der Waals surface area contributed by atoms with Crippen LogP contribution in [0.15, 0.2) is 36.5 Å². The second-order valence-electron chi connectivity index (χ2n) is 11.9. The fourth-order valence-electron chi connectivity index (χ4n) is 5.48. The number of pyridine rings is 2. The maximum absolute atomic E-state index is 12.9. The van der Waals surface area contributed by atoms with E-state index in [0.29, 0.717) is 12.0 Å². The summed E-state index contributed by atoms with van der Waals surface area (Å²) in [6.07, 6.45) is 5.09. The van der Waals surface area contributed by atoms with Gasteiger partial charge < -0.3 is 9.47 Å². The van der Waals surface area contributed by atoms with Gasteiger partial charge in [0.25, 0.3) is 0 Å². The summed E-state index contributed by atoms with van der Waals surface area (Å²) in [5.74, 6) is 0.450. The van der Waals surface area contributed by atoms with Crippen LogP contribution < -0.4 is 9.46 Å². The van der Waals surface area contributed by atoms with Crippen molar-refractivity contribution in [2.75, 3.05) is 7.11 Å². The molecule has 0 saturated heterocycles. The molecule has 0 unspecified atom stereocenters. The van der Waals surface area contributed by atoms with Crippen molar-refractivity contribution in [3.05, 3.63) is 64.7 Å². The minimum atomic E-state index is -1.21. The topological polar surface area (TPSA) is 90.4 Å². The van der Waals surface area contributed by atoms with Gasteiger partial charge in [0, 0.05) is 35.4 Å². The Bertz CT molecular complexity index is 1440. The molecule has 0 bridgehead atoms. The third-order valence-electron chi connectivity index (χ3n) is 8.00. The lowest BCUT2D eigenvalue weighted by Crippen LogP contribution is -2.46. The third kappa shape index (κ3) is 4.51. The van der Waals surface area contributed by atoms with Gasteiger partial charge in [0.2, 0.25) is 0 Å². The summed E-state index contributed by atoms with van der Waals surface area (Å²) >= 11 is 0. The predicted octanol–water partition coefficient (Wildman–Crippen LogP) is 5.71. The molecule has 202 valence electrons. The third-order valence-corrected chi connectivity index (χ3v) is 9.61. The van der Waals surface area contributed by atoms with Gasteiger partial charge in [-0.1, -0.05) is 13.0 Å². The first kappa shape index (κ1) is 26.8. The van der Waals surface area contributed by atoms with Gasteiger partial charge in [-0.3, -0.25) is 9.97 Å². The molecule has 1 aliphatic carbocycles. The number of carbonyl (C=O) groups is 1. The number of methoxy groups -OCH3 is 1. The van der Waals surface area contributed by atoms with Crippen molar-refractivity contribution in [1.82, 2.24) is 14.7 Å². The van der Waals surface area contributed by atoms with E-state index in [1.165, 1.54) is 0 Å². The molecule has 1 aliphatic heterocycles. The van der Waals surface area contributed by atoms with Crippen LogP contribution in [0.1, 0.15) is 99.8 Å². The molecular weight excluding hydrogens is 498 g/mol. The number of benzene rings is 1. The molecule has 1 spiro atoms. The van der Waals surface area contributed by atoms with Gasteiger partial charge in [0.05, 0.1) is 39.5 Å². The van der Waals surface area contributed by atoms with Crippen LogP contribution in [-0.4, -0.2) is 37.6 Å². The molecule has 3 heterocycles. The quantitative estimate of drug-likeness (QED) is 0.390. The molecule has 0 radical (unpaired) electrons. The Kier molecular flexibility index (Phi) is 6.63. The Hall–Kier alpha value is -2.84. The van der Waals surface area contributed by atoms with Gasteiger partial charge in [-0.05, 0) is 89.1 Å². The maximum Gasteiger partial charge on any atom is 0.340 e. The lowest BCUT2D eigenvalue weighted by molar-refractivity contribution is -0.0285. The number of esters is 1. The fourth-order valence-corrected chi connectivity index (χ4v) is 6.38. The number of carbonyl (C=O) groups excluding carboxylic acids is 1. The molecule has 8 heteroatoms. The zero-order valence-electron chi connectivity index (χ0n) is 23.3. The number of nitrogens with one attached hydrogen (secondary N) is 1. The van der Waals surface area contributed by atoms with Gasteiger partial charge in [-0.2, -0.15) is 0 Å². The summed E-state index contributed by atoms with van der Waals surface area (Å²) in [5, 5.41) is 1.93. The first-order valence-electron chi connectivity index (χ1n) is 13.3. The van der Waals surface area contributed by atoms with E-state index >= 15 is 0 Å². The van der Waals surface area contributed by atoms with Crippen molar-refractivity contribution < 1.29 is 18.5 Å². The standard InChI is InChI=1S/C30H37N3O4S/c1-8-24(33-38(35)28(2,3)4)20-11-12-25(36-7)23-17-31-19(16-22(20)23)15-18-9-10-21-26(32-18)30(13-14-30)29(5,6)37-27(21)34/h9-12,16-17,24,33H,8,13-15H2,1-7H3/t24-,38+/m1/s1. The molecule has 7 nitrogen and oxygen atoms in total. The molecule has 5 rings (SSSR count).